The van der Waals surface area contributed by atoms with E-state index < -0.39 is 0 Å². The Labute approximate surface area is 128 Å². The largest absolute Gasteiger partial charge is 0.372 e. The Morgan fingerprint density at radius 1 is 1.38 bits per heavy atom. The number of aromatic nitrogens is 2. The molecular weight excluding hydrogens is 286 g/mol. The summed E-state index contributed by atoms with van der Waals surface area (Å²) in [6.45, 7) is 5.25. The molecule has 6 heteroatoms. The van der Waals surface area contributed by atoms with Crippen LogP contribution in [0.2, 0.25) is 0 Å². The molecule has 0 aliphatic carbocycles. The lowest BCUT2D eigenvalue weighted by Gasteiger charge is -2.35. The summed E-state index contributed by atoms with van der Waals surface area (Å²) in [6.07, 6.45) is 0.144. The minimum Gasteiger partial charge on any atom is -0.372 e. The normalized spacial score (nSPS) is 22.5. The number of thiophene rings is 1. The van der Waals surface area contributed by atoms with E-state index in [1.807, 2.05) is 49.4 Å². The molecular formula is C15H19N3O2S. The van der Waals surface area contributed by atoms with E-state index in [1.165, 1.54) is 0 Å². The minimum atomic E-state index is 0.0230. The predicted molar refractivity (Wildman–Crippen MR) is 82.4 cm³/mol. The van der Waals surface area contributed by atoms with E-state index in [0.717, 1.165) is 10.6 Å². The molecule has 1 amide bonds. The number of hydrogen-bond donors (Lipinski definition) is 0. The second-order valence-corrected chi connectivity index (χ2v) is 6.43. The summed E-state index contributed by atoms with van der Waals surface area (Å²) in [5.74, 6) is 0.0230. The van der Waals surface area contributed by atoms with Crippen LogP contribution in [0.3, 0.4) is 0 Å². The highest BCUT2D eigenvalue weighted by Crippen LogP contribution is 2.24. The van der Waals surface area contributed by atoms with Crippen LogP contribution in [0.5, 0.6) is 0 Å². The fourth-order valence-electron chi connectivity index (χ4n) is 2.72. The molecule has 2 unspecified atom stereocenters. The first-order valence-corrected chi connectivity index (χ1v) is 7.95. The van der Waals surface area contributed by atoms with Gasteiger partial charge >= 0.3 is 0 Å². The summed E-state index contributed by atoms with van der Waals surface area (Å²) in [5, 5.41) is 6.47. The Hall–Kier alpha value is -1.66. The Kier molecular flexibility index (Phi) is 3.82. The van der Waals surface area contributed by atoms with Crippen molar-refractivity contribution in [3.05, 3.63) is 29.3 Å². The van der Waals surface area contributed by atoms with Crippen molar-refractivity contribution in [1.29, 1.82) is 0 Å². The van der Waals surface area contributed by atoms with Crippen molar-refractivity contribution >= 4 is 17.2 Å². The summed E-state index contributed by atoms with van der Waals surface area (Å²) >= 11 is 1.63. The van der Waals surface area contributed by atoms with Gasteiger partial charge in [0.15, 0.2) is 0 Å². The van der Waals surface area contributed by atoms with E-state index in [1.54, 1.807) is 16.0 Å². The van der Waals surface area contributed by atoms with E-state index in [-0.39, 0.29) is 18.1 Å². The smallest absolute Gasteiger partial charge is 0.272 e. The average molecular weight is 305 g/mol. The molecule has 1 saturated heterocycles. The van der Waals surface area contributed by atoms with Gasteiger partial charge in [-0.2, -0.15) is 5.10 Å². The molecule has 2 aromatic heterocycles. The van der Waals surface area contributed by atoms with Crippen molar-refractivity contribution in [1.82, 2.24) is 14.7 Å². The first-order valence-electron chi connectivity index (χ1n) is 7.07. The Morgan fingerprint density at radius 2 is 2.10 bits per heavy atom. The maximum absolute atomic E-state index is 12.7. The lowest BCUT2D eigenvalue weighted by Crippen LogP contribution is -2.48. The van der Waals surface area contributed by atoms with Gasteiger partial charge in [-0.1, -0.05) is 6.07 Å². The molecule has 0 radical (unpaired) electrons. The molecule has 1 aliphatic rings. The van der Waals surface area contributed by atoms with Crippen molar-refractivity contribution in [2.75, 3.05) is 13.1 Å². The molecule has 0 saturated carbocycles. The number of aryl methyl sites for hydroxylation is 1. The van der Waals surface area contributed by atoms with E-state index in [4.69, 9.17) is 4.74 Å². The van der Waals surface area contributed by atoms with Crippen LogP contribution < -0.4 is 0 Å². The Bertz CT molecular complexity index is 625. The third kappa shape index (κ3) is 2.87. The summed E-state index contributed by atoms with van der Waals surface area (Å²) in [4.78, 5) is 15.6. The molecule has 1 aliphatic heterocycles. The minimum absolute atomic E-state index is 0.0230. The summed E-state index contributed by atoms with van der Waals surface area (Å²) in [5.41, 5.74) is 1.48. The molecule has 3 rings (SSSR count). The highest BCUT2D eigenvalue weighted by atomic mass is 32.1. The van der Waals surface area contributed by atoms with Crippen LogP contribution >= 0.6 is 11.3 Å². The van der Waals surface area contributed by atoms with Crippen LogP contribution in [0.15, 0.2) is 23.6 Å². The van der Waals surface area contributed by atoms with Crippen LogP contribution in [-0.2, 0) is 11.8 Å². The van der Waals surface area contributed by atoms with Gasteiger partial charge in [-0.25, -0.2) is 0 Å². The van der Waals surface area contributed by atoms with E-state index in [0.29, 0.717) is 18.8 Å². The Balaban J connectivity index is 1.85. The zero-order chi connectivity index (χ0) is 15.0. The summed E-state index contributed by atoms with van der Waals surface area (Å²) in [7, 11) is 1.82. The first kappa shape index (κ1) is 14.3. The lowest BCUT2D eigenvalue weighted by atomic mass is 10.2. The van der Waals surface area contributed by atoms with Gasteiger partial charge in [0.1, 0.15) is 11.4 Å². The van der Waals surface area contributed by atoms with Crippen LogP contribution in [0.25, 0.3) is 10.6 Å². The second kappa shape index (κ2) is 5.61. The van der Waals surface area contributed by atoms with Crippen molar-refractivity contribution in [3.63, 3.8) is 0 Å². The number of nitrogens with zero attached hydrogens (tertiary/aromatic N) is 3. The fraction of sp³-hybridized carbons (Fsp3) is 0.467. The zero-order valence-corrected chi connectivity index (χ0v) is 13.3. The lowest BCUT2D eigenvalue weighted by molar-refractivity contribution is -0.0588. The van der Waals surface area contributed by atoms with Crippen molar-refractivity contribution in [2.45, 2.75) is 26.1 Å². The monoisotopic (exact) mass is 305 g/mol. The SMILES string of the molecule is CC1CN(C(=O)c2cc(-c3cccs3)nn2C)CC(C)O1. The van der Waals surface area contributed by atoms with Crippen molar-refractivity contribution < 1.29 is 9.53 Å². The van der Waals surface area contributed by atoms with Crippen LogP contribution in [0, 0.1) is 0 Å². The number of amides is 1. The molecule has 0 bridgehead atoms. The first-order chi connectivity index (χ1) is 10.0. The maximum atomic E-state index is 12.7. The number of carbonyl (C=O) groups is 1. The van der Waals surface area contributed by atoms with Gasteiger partial charge in [-0.3, -0.25) is 9.48 Å². The molecule has 112 valence electrons. The third-order valence-corrected chi connectivity index (χ3v) is 4.47. The van der Waals surface area contributed by atoms with Crippen molar-refractivity contribution in [3.8, 4) is 10.6 Å². The second-order valence-electron chi connectivity index (χ2n) is 5.48. The van der Waals surface area contributed by atoms with E-state index in [2.05, 4.69) is 5.10 Å². The molecule has 1 fully saturated rings. The van der Waals surface area contributed by atoms with Gasteiger partial charge in [0.05, 0.1) is 17.1 Å². The number of ether oxygens (including phenoxy) is 1. The average Bonchev–Trinajstić information content (AvgIpc) is 3.05. The predicted octanol–water partition coefficient (Wildman–Crippen LogP) is 2.40. The van der Waals surface area contributed by atoms with Gasteiger partial charge in [-0.15, -0.1) is 11.3 Å². The van der Waals surface area contributed by atoms with Gasteiger partial charge in [-0.05, 0) is 31.4 Å². The molecule has 0 spiro atoms. The molecule has 21 heavy (non-hydrogen) atoms. The van der Waals surface area contributed by atoms with Crippen LogP contribution in [-0.4, -0.2) is 45.9 Å². The quantitative estimate of drug-likeness (QED) is 0.856. The summed E-state index contributed by atoms with van der Waals surface area (Å²) < 4.78 is 7.35. The van der Waals surface area contributed by atoms with E-state index in [9.17, 15) is 4.79 Å². The van der Waals surface area contributed by atoms with Gasteiger partial charge < -0.3 is 9.64 Å². The molecule has 5 nitrogen and oxygen atoms in total. The third-order valence-electron chi connectivity index (χ3n) is 3.58. The van der Waals surface area contributed by atoms with E-state index >= 15 is 0 Å². The van der Waals surface area contributed by atoms with Gasteiger partial charge in [0, 0.05) is 20.1 Å². The highest BCUT2D eigenvalue weighted by molar-refractivity contribution is 7.13. The van der Waals surface area contributed by atoms with Crippen LogP contribution in [0.1, 0.15) is 24.3 Å². The number of rotatable bonds is 2. The number of hydrogen-bond acceptors (Lipinski definition) is 4. The molecule has 2 atom stereocenters. The van der Waals surface area contributed by atoms with Gasteiger partial charge in [0.2, 0.25) is 0 Å². The molecule has 2 aromatic rings. The number of morpholine rings is 1. The van der Waals surface area contributed by atoms with Crippen molar-refractivity contribution in [2.24, 2.45) is 7.05 Å². The topological polar surface area (TPSA) is 47.4 Å². The molecule has 0 aromatic carbocycles. The fourth-order valence-corrected chi connectivity index (χ4v) is 3.40. The molecule has 3 heterocycles. The summed E-state index contributed by atoms with van der Waals surface area (Å²) in [6, 6.07) is 5.88. The number of carbonyl (C=O) groups excluding carboxylic acids is 1. The van der Waals surface area contributed by atoms with Crippen LogP contribution in [0.4, 0.5) is 0 Å². The standard InChI is InChI=1S/C15H19N3O2S/c1-10-8-18(9-11(2)20-10)15(19)13-7-12(16-17(13)3)14-5-4-6-21-14/h4-7,10-11H,8-9H2,1-3H3. The maximum Gasteiger partial charge on any atom is 0.272 e. The zero-order valence-electron chi connectivity index (χ0n) is 12.4. The van der Waals surface area contributed by atoms with Gasteiger partial charge in [0.25, 0.3) is 5.91 Å². The Morgan fingerprint density at radius 3 is 2.71 bits per heavy atom. The molecule has 0 N–H and O–H groups in total. The highest BCUT2D eigenvalue weighted by Gasteiger charge is 2.28.